The summed E-state index contributed by atoms with van der Waals surface area (Å²) in [7, 11) is 0. The highest BCUT2D eigenvalue weighted by molar-refractivity contribution is 5.95. The summed E-state index contributed by atoms with van der Waals surface area (Å²) in [5.74, 6) is 2.49. The summed E-state index contributed by atoms with van der Waals surface area (Å²) in [5, 5.41) is 3.95. The van der Waals surface area contributed by atoms with E-state index in [9.17, 15) is 4.79 Å². The van der Waals surface area contributed by atoms with E-state index in [4.69, 9.17) is 8.94 Å². The average Bonchev–Trinajstić information content (AvgIpc) is 3.08. The highest BCUT2D eigenvalue weighted by Crippen LogP contribution is 2.32. The van der Waals surface area contributed by atoms with Crippen molar-refractivity contribution in [1.82, 2.24) is 15.0 Å². The lowest BCUT2D eigenvalue weighted by Gasteiger charge is -2.21. The Labute approximate surface area is 116 Å². The molecule has 1 amide bonds. The van der Waals surface area contributed by atoms with Crippen molar-refractivity contribution < 1.29 is 13.7 Å². The SMILES string of the molecule is Cc1cc(C(=O)N2CCC[C@H]2c2noc(C)n2)c(C)o1. The van der Waals surface area contributed by atoms with E-state index in [1.54, 1.807) is 13.0 Å². The van der Waals surface area contributed by atoms with Crippen LogP contribution in [-0.2, 0) is 0 Å². The van der Waals surface area contributed by atoms with Gasteiger partial charge < -0.3 is 13.8 Å². The topological polar surface area (TPSA) is 72.4 Å². The Kier molecular flexibility index (Phi) is 3.08. The van der Waals surface area contributed by atoms with E-state index in [1.165, 1.54) is 0 Å². The molecule has 0 radical (unpaired) electrons. The van der Waals surface area contributed by atoms with Crippen molar-refractivity contribution in [1.29, 1.82) is 0 Å². The second kappa shape index (κ2) is 4.77. The normalized spacial score (nSPS) is 18.8. The third-order valence-electron chi connectivity index (χ3n) is 3.63. The number of furan rings is 1. The first-order chi connectivity index (χ1) is 9.56. The number of rotatable bonds is 2. The molecule has 1 saturated heterocycles. The minimum Gasteiger partial charge on any atom is -0.466 e. The van der Waals surface area contributed by atoms with Gasteiger partial charge in [-0.15, -0.1) is 0 Å². The molecular weight excluding hydrogens is 258 g/mol. The fourth-order valence-corrected chi connectivity index (χ4v) is 2.73. The van der Waals surface area contributed by atoms with E-state index in [2.05, 4.69) is 10.1 Å². The molecule has 20 heavy (non-hydrogen) atoms. The molecule has 1 aliphatic heterocycles. The van der Waals surface area contributed by atoms with Crippen LogP contribution < -0.4 is 0 Å². The Bertz CT molecular complexity index is 644. The van der Waals surface area contributed by atoms with Crippen LogP contribution in [0.2, 0.25) is 0 Å². The zero-order chi connectivity index (χ0) is 14.3. The minimum atomic E-state index is -0.102. The molecule has 106 valence electrons. The Morgan fingerprint density at radius 3 is 2.80 bits per heavy atom. The number of aromatic nitrogens is 2. The van der Waals surface area contributed by atoms with E-state index in [1.807, 2.05) is 18.7 Å². The molecular formula is C14H17N3O3. The second-order valence-electron chi connectivity index (χ2n) is 5.16. The largest absolute Gasteiger partial charge is 0.466 e. The third-order valence-corrected chi connectivity index (χ3v) is 3.63. The van der Waals surface area contributed by atoms with Gasteiger partial charge in [-0.2, -0.15) is 4.98 Å². The number of nitrogens with zero attached hydrogens (tertiary/aromatic N) is 3. The van der Waals surface area contributed by atoms with Crippen LogP contribution in [0.3, 0.4) is 0 Å². The third kappa shape index (κ3) is 2.11. The molecule has 1 atom stereocenters. The smallest absolute Gasteiger partial charge is 0.258 e. The van der Waals surface area contributed by atoms with Crippen LogP contribution in [0.1, 0.15) is 52.5 Å². The van der Waals surface area contributed by atoms with E-state index in [0.717, 1.165) is 18.6 Å². The maximum atomic E-state index is 12.7. The van der Waals surface area contributed by atoms with Gasteiger partial charge in [0, 0.05) is 13.5 Å². The van der Waals surface area contributed by atoms with Gasteiger partial charge in [0.05, 0.1) is 11.6 Å². The first-order valence-corrected chi connectivity index (χ1v) is 6.74. The van der Waals surface area contributed by atoms with E-state index >= 15 is 0 Å². The van der Waals surface area contributed by atoms with Crippen molar-refractivity contribution >= 4 is 5.91 Å². The van der Waals surface area contributed by atoms with Gasteiger partial charge in [0.15, 0.2) is 5.82 Å². The van der Waals surface area contributed by atoms with Crippen LogP contribution in [-0.4, -0.2) is 27.5 Å². The van der Waals surface area contributed by atoms with Crippen LogP contribution in [0.5, 0.6) is 0 Å². The molecule has 0 spiro atoms. The fourth-order valence-electron chi connectivity index (χ4n) is 2.73. The van der Waals surface area contributed by atoms with Gasteiger partial charge in [-0.1, -0.05) is 5.16 Å². The molecule has 0 aliphatic carbocycles. The van der Waals surface area contributed by atoms with E-state index < -0.39 is 0 Å². The van der Waals surface area contributed by atoms with Gasteiger partial charge in [0.25, 0.3) is 5.91 Å². The Hall–Kier alpha value is -2.11. The van der Waals surface area contributed by atoms with Crippen molar-refractivity contribution in [3.8, 4) is 0 Å². The van der Waals surface area contributed by atoms with Gasteiger partial charge in [0.1, 0.15) is 11.5 Å². The molecule has 0 bridgehead atoms. The highest BCUT2D eigenvalue weighted by Gasteiger charge is 2.34. The summed E-state index contributed by atoms with van der Waals surface area (Å²) in [4.78, 5) is 18.7. The molecule has 1 aliphatic rings. The standard InChI is InChI=1S/C14H17N3O3/c1-8-7-11(9(2)19-8)14(18)17-6-4-5-12(17)13-15-10(3)20-16-13/h7,12H,4-6H2,1-3H3/t12-/m0/s1. The summed E-state index contributed by atoms with van der Waals surface area (Å²) < 4.78 is 10.5. The number of aryl methyl sites for hydroxylation is 3. The van der Waals surface area contributed by atoms with E-state index in [0.29, 0.717) is 29.6 Å². The lowest BCUT2D eigenvalue weighted by atomic mass is 10.1. The van der Waals surface area contributed by atoms with Crippen molar-refractivity contribution in [2.45, 2.75) is 39.7 Å². The number of carbonyl (C=O) groups is 1. The summed E-state index contributed by atoms with van der Waals surface area (Å²) in [6.07, 6.45) is 1.81. The number of likely N-dealkylation sites (tertiary alicyclic amines) is 1. The zero-order valence-electron chi connectivity index (χ0n) is 11.8. The first-order valence-electron chi connectivity index (χ1n) is 6.74. The van der Waals surface area contributed by atoms with Gasteiger partial charge in [-0.25, -0.2) is 0 Å². The monoisotopic (exact) mass is 275 g/mol. The fraction of sp³-hybridized carbons (Fsp3) is 0.500. The highest BCUT2D eigenvalue weighted by atomic mass is 16.5. The van der Waals surface area contributed by atoms with Crippen molar-refractivity contribution in [3.05, 3.63) is 34.9 Å². The van der Waals surface area contributed by atoms with Crippen LogP contribution >= 0.6 is 0 Å². The molecule has 3 heterocycles. The van der Waals surface area contributed by atoms with Crippen LogP contribution in [0.25, 0.3) is 0 Å². The summed E-state index contributed by atoms with van der Waals surface area (Å²) in [5.41, 5.74) is 0.620. The first kappa shape index (κ1) is 12.9. The Morgan fingerprint density at radius 2 is 2.20 bits per heavy atom. The number of hydrogen-bond acceptors (Lipinski definition) is 5. The van der Waals surface area contributed by atoms with Crippen LogP contribution in [0.4, 0.5) is 0 Å². The molecule has 2 aromatic rings. The molecule has 0 aromatic carbocycles. The van der Waals surface area contributed by atoms with Gasteiger partial charge in [0.2, 0.25) is 5.89 Å². The molecule has 6 nitrogen and oxygen atoms in total. The van der Waals surface area contributed by atoms with E-state index in [-0.39, 0.29) is 11.9 Å². The van der Waals surface area contributed by atoms with Crippen molar-refractivity contribution in [2.24, 2.45) is 0 Å². The Balaban J connectivity index is 1.89. The molecule has 3 rings (SSSR count). The number of hydrogen-bond donors (Lipinski definition) is 0. The van der Waals surface area contributed by atoms with Gasteiger partial charge in [-0.05, 0) is 32.8 Å². The van der Waals surface area contributed by atoms with Gasteiger partial charge >= 0.3 is 0 Å². The summed E-state index contributed by atoms with van der Waals surface area (Å²) in [6.45, 7) is 6.11. The maximum Gasteiger partial charge on any atom is 0.258 e. The van der Waals surface area contributed by atoms with Crippen LogP contribution in [0.15, 0.2) is 15.0 Å². The molecule has 0 unspecified atom stereocenters. The predicted molar refractivity (Wildman–Crippen MR) is 70.2 cm³/mol. The predicted octanol–water partition coefficient (Wildman–Crippen LogP) is 2.57. The molecule has 2 aromatic heterocycles. The maximum absolute atomic E-state index is 12.7. The molecule has 0 saturated carbocycles. The number of amides is 1. The lowest BCUT2D eigenvalue weighted by molar-refractivity contribution is 0.0726. The quantitative estimate of drug-likeness (QED) is 0.842. The molecule has 0 N–H and O–H groups in total. The lowest BCUT2D eigenvalue weighted by Crippen LogP contribution is -2.31. The van der Waals surface area contributed by atoms with Crippen molar-refractivity contribution in [3.63, 3.8) is 0 Å². The number of carbonyl (C=O) groups excluding carboxylic acids is 1. The second-order valence-corrected chi connectivity index (χ2v) is 5.16. The van der Waals surface area contributed by atoms with Gasteiger partial charge in [-0.3, -0.25) is 4.79 Å². The Morgan fingerprint density at radius 1 is 1.40 bits per heavy atom. The summed E-state index contributed by atoms with van der Waals surface area (Å²) >= 11 is 0. The molecule has 1 fully saturated rings. The molecule has 6 heteroatoms. The summed E-state index contributed by atoms with van der Waals surface area (Å²) in [6, 6.07) is 1.68. The zero-order valence-corrected chi connectivity index (χ0v) is 11.8. The minimum absolute atomic E-state index is 0.0238. The van der Waals surface area contributed by atoms with Crippen LogP contribution in [0, 0.1) is 20.8 Å². The average molecular weight is 275 g/mol. The van der Waals surface area contributed by atoms with Crippen molar-refractivity contribution in [2.75, 3.05) is 6.54 Å².